The van der Waals surface area contributed by atoms with E-state index in [4.69, 9.17) is 4.74 Å². The standard InChI is InChI=1S/C24H42O3Si/c1-6-7-8-9-10-14-17-22(25)24(20(2)28(3,4)5)23(26)19-27-18-21-15-12-11-13-16-21/h11-13,15-16,22-26H,2,6-10,14,17-19H2,1,3-5H3/t22-,23-,24+/m0/s1. The fourth-order valence-electron chi connectivity index (χ4n) is 3.51. The molecule has 0 aliphatic rings. The second-order valence-electron chi connectivity index (χ2n) is 8.99. The van der Waals surface area contributed by atoms with Crippen molar-refractivity contribution >= 4 is 8.07 Å². The first-order chi connectivity index (χ1) is 13.3. The van der Waals surface area contributed by atoms with Crippen molar-refractivity contribution in [3.05, 3.63) is 47.7 Å². The molecular weight excluding hydrogens is 364 g/mol. The first kappa shape index (κ1) is 25.1. The summed E-state index contributed by atoms with van der Waals surface area (Å²) in [4.78, 5) is 0. The second-order valence-corrected chi connectivity index (χ2v) is 14.1. The lowest BCUT2D eigenvalue weighted by Crippen LogP contribution is -2.42. The van der Waals surface area contributed by atoms with E-state index in [1.165, 1.54) is 25.7 Å². The van der Waals surface area contributed by atoms with E-state index in [2.05, 4.69) is 33.1 Å². The average molecular weight is 407 g/mol. The molecule has 4 heteroatoms. The molecule has 0 saturated carbocycles. The highest BCUT2D eigenvalue weighted by Crippen LogP contribution is 2.29. The van der Waals surface area contributed by atoms with Gasteiger partial charge in [-0.1, -0.05) is 101 Å². The molecule has 1 aromatic carbocycles. The molecule has 3 nitrogen and oxygen atoms in total. The van der Waals surface area contributed by atoms with Gasteiger partial charge in [0.1, 0.15) is 0 Å². The molecule has 0 heterocycles. The third kappa shape index (κ3) is 9.51. The molecule has 1 aromatic rings. The minimum absolute atomic E-state index is 0.219. The SMILES string of the molecule is C=C([C@H]([C@@H](O)CCCCCCCC)[C@@H](O)COCc1ccccc1)[Si](C)(C)C. The lowest BCUT2D eigenvalue weighted by Gasteiger charge is -2.35. The van der Waals surface area contributed by atoms with E-state index in [1.807, 2.05) is 30.3 Å². The zero-order valence-electron chi connectivity index (χ0n) is 18.5. The van der Waals surface area contributed by atoms with E-state index in [0.717, 1.165) is 30.0 Å². The van der Waals surface area contributed by atoms with Crippen LogP contribution in [0.1, 0.15) is 57.4 Å². The summed E-state index contributed by atoms with van der Waals surface area (Å²) in [6.45, 7) is 13.9. The van der Waals surface area contributed by atoms with Crippen LogP contribution in [0.15, 0.2) is 42.1 Å². The van der Waals surface area contributed by atoms with Crippen molar-refractivity contribution < 1.29 is 14.9 Å². The van der Waals surface area contributed by atoms with Gasteiger partial charge in [-0.3, -0.25) is 0 Å². The highest BCUT2D eigenvalue weighted by atomic mass is 28.3. The molecule has 28 heavy (non-hydrogen) atoms. The minimum Gasteiger partial charge on any atom is -0.392 e. The van der Waals surface area contributed by atoms with E-state index in [-0.39, 0.29) is 12.5 Å². The Kier molecular flexibility index (Phi) is 11.9. The lowest BCUT2D eigenvalue weighted by molar-refractivity contribution is -0.0297. The number of hydrogen-bond acceptors (Lipinski definition) is 3. The third-order valence-electron chi connectivity index (χ3n) is 5.45. The van der Waals surface area contributed by atoms with Crippen LogP contribution >= 0.6 is 0 Å². The van der Waals surface area contributed by atoms with E-state index in [0.29, 0.717) is 6.61 Å². The van der Waals surface area contributed by atoms with Crippen molar-refractivity contribution in [3.63, 3.8) is 0 Å². The smallest absolute Gasteiger partial charge is 0.0859 e. The van der Waals surface area contributed by atoms with Gasteiger partial charge in [0.2, 0.25) is 0 Å². The Bertz CT molecular complexity index is 539. The fourth-order valence-corrected chi connectivity index (χ4v) is 4.89. The Morgan fingerprint density at radius 3 is 2.18 bits per heavy atom. The van der Waals surface area contributed by atoms with Crippen molar-refractivity contribution in [2.75, 3.05) is 6.61 Å². The maximum atomic E-state index is 10.9. The molecule has 0 aromatic heterocycles. The Morgan fingerprint density at radius 2 is 1.57 bits per heavy atom. The molecule has 0 spiro atoms. The molecule has 0 bridgehead atoms. The van der Waals surface area contributed by atoms with E-state index in [1.54, 1.807) is 0 Å². The van der Waals surface area contributed by atoms with Gasteiger partial charge in [0, 0.05) is 5.92 Å². The zero-order valence-corrected chi connectivity index (χ0v) is 19.5. The Labute approximate surface area is 173 Å². The van der Waals surface area contributed by atoms with Gasteiger partial charge in [-0.15, -0.1) is 6.58 Å². The van der Waals surface area contributed by atoms with E-state index >= 15 is 0 Å². The summed E-state index contributed by atoms with van der Waals surface area (Å²) < 4.78 is 5.76. The summed E-state index contributed by atoms with van der Waals surface area (Å²) in [5, 5.41) is 22.7. The highest BCUT2D eigenvalue weighted by Gasteiger charge is 2.35. The van der Waals surface area contributed by atoms with Crippen molar-refractivity contribution in [1.82, 2.24) is 0 Å². The van der Waals surface area contributed by atoms with Crippen molar-refractivity contribution in [1.29, 1.82) is 0 Å². The highest BCUT2D eigenvalue weighted by molar-refractivity contribution is 6.83. The Hall–Kier alpha value is -0.943. The van der Waals surface area contributed by atoms with Crippen LogP contribution in [0.3, 0.4) is 0 Å². The first-order valence-corrected chi connectivity index (χ1v) is 14.4. The number of aliphatic hydroxyl groups is 2. The van der Waals surface area contributed by atoms with Crippen LogP contribution in [0.5, 0.6) is 0 Å². The quantitative estimate of drug-likeness (QED) is 0.289. The van der Waals surface area contributed by atoms with Gasteiger partial charge < -0.3 is 14.9 Å². The molecule has 0 amide bonds. The van der Waals surface area contributed by atoms with Gasteiger partial charge in [-0.25, -0.2) is 0 Å². The molecule has 0 unspecified atom stereocenters. The number of hydrogen-bond donors (Lipinski definition) is 2. The summed E-state index contributed by atoms with van der Waals surface area (Å²) in [6, 6.07) is 9.96. The Balaban J connectivity index is 2.58. The predicted octanol–water partition coefficient (Wildman–Crippen LogP) is 5.73. The minimum atomic E-state index is -1.69. The van der Waals surface area contributed by atoms with Gasteiger partial charge in [-0.2, -0.15) is 0 Å². The van der Waals surface area contributed by atoms with Gasteiger partial charge in [-0.05, 0) is 12.0 Å². The lowest BCUT2D eigenvalue weighted by atomic mass is 9.91. The van der Waals surface area contributed by atoms with Crippen LogP contribution in [-0.4, -0.2) is 37.1 Å². The largest absolute Gasteiger partial charge is 0.392 e. The van der Waals surface area contributed by atoms with Crippen LogP contribution in [0.2, 0.25) is 19.6 Å². The molecule has 0 saturated heterocycles. The van der Waals surface area contributed by atoms with Crippen molar-refractivity contribution in [2.24, 2.45) is 5.92 Å². The van der Waals surface area contributed by atoms with E-state index < -0.39 is 20.3 Å². The molecule has 2 N–H and O–H groups in total. The van der Waals surface area contributed by atoms with Gasteiger partial charge in [0.15, 0.2) is 0 Å². The second kappa shape index (κ2) is 13.3. The monoisotopic (exact) mass is 406 g/mol. The van der Waals surface area contributed by atoms with Crippen LogP contribution < -0.4 is 0 Å². The maximum absolute atomic E-state index is 10.9. The third-order valence-corrected chi connectivity index (χ3v) is 7.71. The molecular formula is C24H42O3Si. The number of aliphatic hydroxyl groups excluding tert-OH is 2. The molecule has 0 radical (unpaired) electrons. The number of ether oxygens (including phenoxy) is 1. The molecule has 0 aliphatic carbocycles. The molecule has 160 valence electrons. The zero-order chi connectivity index (χ0) is 21.0. The van der Waals surface area contributed by atoms with Crippen LogP contribution in [0.4, 0.5) is 0 Å². The van der Waals surface area contributed by atoms with Crippen molar-refractivity contribution in [3.8, 4) is 0 Å². The summed E-state index contributed by atoms with van der Waals surface area (Å²) in [5.41, 5.74) is 1.09. The summed E-state index contributed by atoms with van der Waals surface area (Å²) in [5.74, 6) is -0.307. The Morgan fingerprint density at radius 1 is 0.964 bits per heavy atom. The van der Waals surface area contributed by atoms with Crippen LogP contribution in [-0.2, 0) is 11.3 Å². The topological polar surface area (TPSA) is 49.7 Å². The van der Waals surface area contributed by atoms with E-state index in [9.17, 15) is 10.2 Å². The van der Waals surface area contributed by atoms with Crippen LogP contribution in [0, 0.1) is 5.92 Å². The first-order valence-electron chi connectivity index (χ1n) is 10.9. The van der Waals surface area contributed by atoms with Gasteiger partial charge >= 0.3 is 0 Å². The molecule has 3 atom stereocenters. The molecule has 0 aliphatic heterocycles. The number of unbranched alkanes of at least 4 members (excludes halogenated alkanes) is 5. The van der Waals surface area contributed by atoms with Crippen molar-refractivity contribution in [2.45, 2.75) is 90.3 Å². The summed E-state index contributed by atoms with van der Waals surface area (Å²) in [6.07, 6.45) is 6.61. The predicted molar refractivity (Wildman–Crippen MR) is 122 cm³/mol. The van der Waals surface area contributed by atoms with Gasteiger partial charge in [0.25, 0.3) is 0 Å². The normalized spacial score (nSPS) is 15.2. The number of benzene rings is 1. The summed E-state index contributed by atoms with van der Waals surface area (Å²) in [7, 11) is -1.69. The average Bonchev–Trinajstić information content (AvgIpc) is 2.65. The molecule has 0 fully saturated rings. The van der Waals surface area contributed by atoms with Crippen LogP contribution in [0.25, 0.3) is 0 Å². The summed E-state index contributed by atoms with van der Waals surface area (Å²) >= 11 is 0. The fraction of sp³-hybridized carbons (Fsp3) is 0.667. The maximum Gasteiger partial charge on any atom is 0.0859 e. The van der Waals surface area contributed by atoms with Gasteiger partial charge in [0.05, 0.1) is 33.5 Å². The molecule has 1 rings (SSSR count). The number of rotatable bonds is 15.